The summed E-state index contributed by atoms with van der Waals surface area (Å²) in [6.07, 6.45) is 2.24. The molecule has 0 aromatic carbocycles. The van der Waals surface area contributed by atoms with Crippen LogP contribution in [0.15, 0.2) is 16.8 Å². The van der Waals surface area contributed by atoms with Crippen molar-refractivity contribution in [3.8, 4) is 11.5 Å². The Labute approximate surface area is 86.5 Å². The number of hydrogen-bond acceptors (Lipinski definition) is 6. The molecule has 15 heavy (non-hydrogen) atoms. The zero-order valence-corrected chi connectivity index (χ0v) is 8.34. The lowest BCUT2D eigenvalue weighted by Crippen LogP contribution is -2.07. The average Bonchev–Trinajstić information content (AvgIpc) is 2.67. The van der Waals surface area contributed by atoms with E-state index in [2.05, 4.69) is 20.3 Å². The first kappa shape index (κ1) is 9.72. The largest absolute Gasteiger partial charge is 0.354 e. The quantitative estimate of drug-likeness (QED) is 0.776. The summed E-state index contributed by atoms with van der Waals surface area (Å²) < 4.78 is 5.03. The zero-order chi connectivity index (χ0) is 10.7. The van der Waals surface area contributed by atoms with Gasteiger partial charge >= 0.3 is 0 Å². The summed E-state index contributed by atoms with van der Waals surface area (Å²) in [4.78, 5) is 4.11. The molecule has 6 heteroatoms. The standard InChI is InChI=1S/C9H11N5O/c1-6-4-8(15-14-6)7-5-11-9(2-3-10)13-12-7/h4-5H,2-3,10H2,1H3. The van der Waals surface area contributed by atoms with Crippen LogP contribution in [0.5, 0.6) is 0 Å². The van der Waals surface area contributed by atoms with Gasteiger partial charge in [-0.15, -0.1) is 10.2 Å². The molecular formula is C9H11N5O. The van der Waals surface area contributed by atoms with Crippen LogP contribution in [-0.4, -0.2) is 26.9 Å². The van der Waals surface area contributed by atoms with Crippen molar-refractivity contribution in [3.05, 3.63) is 23.8 Å². The Hall–Kier alpha value is -1.82. The fourth-order valence-electron chi connectivity index (χ4n) is 1.14. The van der Waals surface area contributed by atoms with Gasteiger partial charge in [0, 0.05) is 12.5 Å². The highest BCUT2D eigenvalue weighted by Crippen LogP contribution is 2.15. The van der Waals surface area contributed by atoms with Crippen LogP contribution in [0.25, 0.3) is 11.5 Å². The highest BCUT2D eigenvalue weighted by molar-refractivity contribution is 5.49. The molecule has 6 nitrogen and oxygen atoms in total. The van der Waals surface area contributed by atoms with Gasteiger partial charge in [-0.1, -0.05) is 5.16 Å². The van der Waals surface area contributed by atoms with Crippen molar-refractivity contribution in [2.24, 2.45) is 5.73 Å². The third kappa shape index (κ3) is 2.16. The molecule has 2 N–H and O–H groups in total. The monoisotopic (exact) mass is 205 g/mol. The predicted octanol–water partition coefficient (Wildman–Crippen LogP) is 0.336. The molecular weight excluding hydrogens is 194 g/mol. The van der Waals surface area contributed by atoms with Crippen LogP contribution in [0.4, 0.5) is 0 Å². The summed E-state index contributed by atoms with van der Waals surface area (Å²) in [5.41, 5.74) is 6.76. The molecule has 0 saturated heterocycles. The van der Waals surface area contributed by atoms with Gasteiger partial charge in [-0.3, -0.25) is 0 Å². The van der Waals surface area contributed by atoms with E-state index in [0.717, 1.165) is 5.69 Å². The van der Waals surface area contributed by atoms with E-state index in [1.165, 1.54) is 0 Å². The normalized spacial score (nSPS) is 10.5. The minimum Gasteiger partial charge on any atom is -0.354 e. The maximum atomic E-state index is 5.38. The molecule has 0 fully saturated rings. The van der Waals surface area contributed by atoms with Gasteiger partial charge < -0.3 is 10.3 Å². The summed E-state index contributed by atoms with van der Waals surface area (Å²) in [6.45, 7) is 2.36. The molecule has 2 aromatic heterocycles. The molecule has 0 saturated carbocycles. The second-order valence-corrected chi connectivity index (χ2v) is 3.13. The van der Waals surface area contributed by atoms with Crippen molar-refractivity contribution in [1.29, 1.82) is 0 Å². The van der Waals surface area contributed by atoms with Crippen LogP contribution >= 0.6 is 0 Å². The highest BCUT2D eigenvalue weighted by atomic mass is 16.5. The second-order valence-electron chi connectivity index (χ2n) is 3.13. The van der Waals surface area contributed by atoms with Crippen molar-refractivity contribution in [1.82, 2.24) is 20.3 Å². The van der Waals surface area contributed by atoms with Gasteiger partial charge in [-0.25, -0.2) is 4.98 Å². The van der Waals surface area contributed by atoms with Crippen molar-refractivity contribution >= 4 is 0 Å². The number of hydrogen-bond donors (Lipinski definition) is 1. The molecule has 0 bridgehead atoms. The van der Waals surface area contributed by atoms with Crippen LogP contribution in [0.1, 0.15) is 11.5 Å². The summed E-state index contributed by atoms with van der Waals surface area (Å²) in [5, 5.41) is 11.7. The van der Waals surface area contributed by atoms with E-state index in [1.54, 1.807) is 12.3 Å². The molecule has 0 aliphatic heterocycles. The number of rotatable bonds is 3. The number of nitrogens with zero attached hydrogens (tertiary/aromatic N) is 4. The number of aromatic nitrogens is 4. The fourth-order valence-corrected chi connectivity index (χ4v) is 1.14. The molecule has 0 aliphatic rings. The van der Waals surface area contributed by atoms with E-state index in [-0.39, 0.29) is 0 Å². The molecule has 2 rings (SSSR count). The van der Waals surface area contributed by atoms with Gasteiger partial charge in [-0.05, 0) is 13.5 Å². The Morgan fingerprint density at radius 2 is 2.27 bits per heavy atom. The molecule has 0 spiro atoms. The van der Waals surface area contributed by atoms with Gasteiger partial charge in [0.25, 0.3) is 0 Å². The van der Waals surface area contributed by atoms with Gasteiger partial charge in [0.2, 0.25) is 0 Å². The molecule has 0 unspecified atom stereocenters. The zero-order valence-electron chi connectivity index (χ0n) is 8.34. The second kappa shape index (κ2) is 4.14. The van der Waals surface area contributed by atoms with Gasteiger partial charge in [0.15, 0.2) is 11.6 Å². The molecule has 2 aromatic rings. The van der Waals surface area contributed by atoms with Crippen LogP contribution < -0.4 is 5.73 Å². The Bertz CT molecular complexity index is 436. The van der Waals surface area contributed by atoms with Gasteiger partial charge in [0.1, 0.15) is 5.69 Å². The first-order chi connectivity index (χ1) is 7.29. The minimum absolute atomic E-state index is 0.516. The predicted molar refractivity (Wildman–Crippen MR) is 52.8 cm³/mol. The molecule has 0 radical (unpaired) electrons. The number of nitrogens with two attached hydrogens (primary N) is 1. The third-order valence-electron chi connectivity index (χ3n) is 1.86. The Balaban J connectivity index is 2.23. The highest BCUT2D eigenvalue weighted by Gasteiger charge is 2.07. The molecule has 2 heterocycles. The molecule has 0 aliphatic carbocycles. The van der Waals surface area contributed by atoms with E-state index in [9.17, 15) is 0 Å². The van der Waals surface area contributed by atoms with Crippen LogP contribution in [0.3, 0.4) is 0 Å². The lowest BCUT2D eigenvalue weighted by Gasteiger charge is -1.96. The average molecular weight is 205 g/mol. The SMILES string of the molecule is Cc1cc(-c2cnc(CCN)nn2)on1. The lowest BCUT2D eigenvalue weighted by atomic mass is 10.3. The summed E-state index contributed by atoms with van der Waals surface area (Å²) >= 11 is 0. The van der Waals surface area contributed by atoms with Crippen LogP contribution in [0, 0.1) is 6.92 Å². The smallest absolute Gasteiger partial charge is 0.188 e. The topological polar surface area (TPSA) is 90.7 Å². The van der Waals surface area contributed by atoms with E-state index < -0.39 is 0 Å². The van der Waals surface area contributed by atoms with E-state index in [1.807, 2.05) is 6.92 Å². The Morgan fingerprint density at radius 1 is 1.40 bits per heavy atom. The van der Waals surface area contributed by atoms with Crippen molar-refractivity contribution in [2.75, 3.05) is 6.54 Å². The van der Waals surface area contributed by atoms with Crippen LogP contribution in [0.2, 0.25) is 0 Å². The first-order valence-corrected chi connectivity index (χ1v) is 4.62. The van der Waals surface area contributed by atoms with Crippen molar-refractivity contribution in [3.63, 3.8) is 0 Å². The maximum Gasteiger partial charge on any atom is 0.188 e. The number of aryl methyl sites for hydroxylation is 1. The van der Waals surface area contributed by atoms with Crippen LogP contribution in [-0.2, 0) is 6.42 Å². The minimum atomic E-state index is 0.516. The van der Waals surface area contributed by atoms with Gasteiger partial charge in [0.05, 0.1) is 11.9 Å². The third-order valence-corrected chi connectivity index (χ3v) is 1.86. The van der Waals surface area contributed by atoms with Crippen molar-refractivity contribution in [2.45, 2.75) is 13.3 Å². The summed E-state index contributed by atoms with van der Waals surface area (Å²) in [7, 11) is 0. The maximum absolute atomic E-state index is 5.38. The van der Waals surface area contributed by atoms with Crippen molar-refractivity contribution < 1.29 is 4.52 Å². The molecule has 0 amide bonds. The molecule has 0 atom stereocenters. The van der Waals surface area contributed by atoms with Gasteiger partial charge in [-0.2, -0.15) is 0 Å². The summed E-state index contributed by atoms with van der Waals surface area (Å²) in [6, 6.07) is 1.79. The Morgan fingerprint density at radius 3 is 2.80 bits per heavy atom. The van der Waals surface area contributed by atoms with E-state index in [0.29, 0.717) is 30.2 Å². The van der Waals surface area contributed by atoms with E-state index in [4.69, 9.17) is 10.3 Å². The molecule has 78 valence electrons. The summed E-state index contributed by atoms with van der Waals surface area (Å²) in [5.74, 6) is 1.21. The first-order valence-electron chi connectivity index (χ1n) is 4.62. The fraction of sp³-hybridized carbons (Fsp3) is 0.333. The van der Waals surface area contributed by atoms with E-state index >= 15 is 0 Å². The Kier molecular flexibility index (Phi) is 2.68. The lowest BCUT2D eigenvalue weighted by molar-refractivity contribution is 0.425.